The van der Waals surface area contributed by atoms with Crippen molar-refractivity contribution in [2.45, 2.75) is 13.0 Å². The number of rotatable bonds is 3. The van der Waals surface area contributed by atoms with Crippen LogP contribution in [0, 0.1) is 0 Å². The molecule has 0 saturated carbocycles. The highest BCUT2D eigenvalue weighted by molar-refractivity contribution is 5.98. The molecule has 3 rings (SSSR count). The molecule has 0 aliphatic carbocycles. The van der Waals surface area contributed by atoms with E-state index in [1.807, 2.05) is 48.5 Å². The Morgan fingerprint density at radius 1 is 1.18 bits per heavy atom. The van der Waals surface area contributed by atoms with Crippen LogP contribution in [0.5, 0.6) is 0 Å². The van der Waals surface area contributed by atoms with E-state index in [2.05, 4.69) is 15.3 Å². The van der Waals surface area contributed by atoms with E-state index < -0.39 is 6.04 Å². The molecule has 1 heterocycles. The Labute approximate surface area is 134 Å². The number of fused-ring (bicyclic) bond motifs is 1. The van der Waals surface area contributed by atoms with Crippen LogP contribution in [-0.2, 0) is 4.79 Å². The average Bonchev–Trinajstić information content (AvgIpc) is 2.91. The number of para-hydroxylation sites is 3. The second-order valence-corrected chi connectivity index (χ2v) is 4.93. The fraction of sp³-hybridized carbons (Fsp3) is 0.125. The number of carbonyl (C=O) groups excluding carboxylic acids is 1. The van der Waals surface area contributed by atoms with Gasteiger partial charge in [0, 0.05) is 5.56 Å². The molecule has 0 bridgehead atoms. The lowest BCUT2D eigenvalue weighted by Crippen LogP contribution is -2.32. The first kappa shape index (κ1) is 16.0. The van der Waals surface area contributed by atoms with Gasteiger partial charge in [-0.1, -0.05) is 24.3 Å². The molecule has 4 N–H and O–H groups in total. The third-order valence-corrected chi connectivity index (χ3v) is 3.24. The van der Waals surface area contributed by atoms with Crippen LogP contribution >= 0.6 is 12.4 Å². The average molecular weight is 317 g/mol. The lowest BCUT2D eigenvalue weighted by molar-refractivity contribution is -0.117. The van der Waals surface area contributed by atoms with E-state index in [-0.39, 0.29) is 18.3 Å². The maximum atomic E-state index is 11.8. The molecule has 0 aliphatic rings. The fourth-order valence-corrected chi connectivity index (χ4v) is 2.13. The van der Waals surface area contributed by atoms with E-state index in [0.717, 1.165) is 22.4 Å². The maximum Gasteiger partial charge on any atom is 0.241 e. The Morgan fingerprint density at radius 3 is 2.59 bits per heavy atom. The number of aromatic amines is 1. The molecule has 1 atom stereocenters. The molecule has 0 saturated heterocycles. The van der Waals surface area contributed by atoms with Gasteiger partial charge in [0.1, 0.15) is 5.82 Å². The predicted octanol–water partition coefficient (Wildman–Crippen LogP) is 2.94. The molecule has 6 heteroatoms. The minimum atomic E-state index is -0.561. The molecule has 1 amide bonds. The lowest BCUT2D eigenvalue weighted by atomic mass is 10.1. The Hall–Kier alpha value is -2.37. The summed E-state index contributed by atoms with van der Waals surface area (Å²) in [6.45, 7) is 1.65. The summed E-state index contributed by atoms with van der Waals surface area (Å²) < 4.78 is 0. The van der Waals surface area contributed by atoms with Gasteiger partial charge in [0.15, 0.2) is 0 Å². The van der Waals surface area contributed by atoms with Crippen molar-refractivity contribution in [3.63, 3.8) is 0 Å². The molecule has 0 spiro atoms. The molecule has 0 radical (unpaired) electrons. The molecule has 22 heavy (non-hydrogen) atoms. The molecule has 0 aliphatic heterocycles. The maximum absolute atomic E-state index is 11.8. The SMILES string of the molecule is C[C@@H](N)C(=O)Nc1ccccc1-c1nc2ccccc2[nH]1.Cl. The minimum absolute atomic E-state index is 0. The monoisotopic (exact) mass is 316 g/mol. The van der Waals surface area contributed by atoms with Crippen molar-refractivity contribution in [3.05, 3.63) is 48.5 Å². The summed E-state index contributed by atoms with van der Waals surface area (Å²) in [5, 5.41) is 2.83. The summed E-state index contributed by atoms with van der Waals surface area (Å²) in [6, 6.07) is 14.8. The van der Waals surface area contributed by atoms with E-state index >= 15 is 0 Å². The number of imidazole rings is 1. The van der Waals surface area contributed by atoms with E-state index in [4.69, 9.17) is 5.73 Å². The van der Waals surface area contributed by atoms with Gasteiger partial charge in [0.05, 0.1) is 22.8 Å². The van der Waals surface area contributed by atoms with Crippen molar-refractivity contribution in [3.8, 4) is 11.4 Å². The molecular formula is C16H17ClN4O. The fourth-order valence-electron chi connectivity index (χ4n) is 2.13. The van der Waals surface area contributed by atoms with E-state index in [1.165, 1.54) is 0 Å². The molecule has 114 valence electrons. The quantitative estimate of drug-likeness (QED) is 0.694. The van der Waals surface area contributed by atoms with Gasteiger partial charge >= 0.3 is 0 Å². The topological polar surface area (TPSA) is 83.8 Å². The number of nitrogens with zero attached hydrogens (tertiary/aromatic N) is 1. The largest absolute Gasteiger partial charge is 0.338 e. The van der Waals surface area contributed by atoms with E-state index in [0.29, 0.717) is 5.69 Å². The highest BCUT2D eigenvalue weighted by Crippen LogP contribution is 2.27. The van der Waals surface area contributed by atoms with Crippen molar-refractivity contribution >= 4 is 35.0 Å². The second kappa shape index (κ2) is 6.60. The Kier molecular flexibility index (Phi) is 4.80. The van der Waals surface area contributed by atoms with Crippen LogP contribution in [-0.4, -0.2) is 21.9 Å². The van der Waals surface area contributed by atoms with Crippen molar-refractivity contribution < 1.29 is 4.79 Å². The van der Waals surface area contributed by atoms with Crippen LogP contribution in [0.15, 0.2) is 48.5 Å². The third kappa shape index (κ3) is 3.10. The molecule has 0 fully saturated rings. The zero-order valence-electron chi connectivity index (χ0n) is 12.0. The zero-order valence-corrected chi connectivity index (χ0v) is 12.9. The summed E-state index contributed by atoms with van der Waals surface area (Å²) in [5.74, 6) is 0.496. The number of anilines is 1. The van der Waals surface area contributed by atoms with Crippen molar-refractivity contribution in [1.29, 1.82) is 0 Å². The number of halogens is 1. The molecule has 3 aromatic rings. The van der Waals surface area contributed by atoms with Crippen molar-refractivity contribution in [1.82, 2.24) is 9.97 Å². The van der Waals surface area contributed by atoms with E-state index in [1.54, 1.807) is 6.92 Å². The van der Waals surface area contributed by atoms with Gasteiger partial charge in [-0.15, -0.1) is 12.4 Å². The summed E-state index contributed by atoms with van der Waals surface area (Å²) in [7, 11) is 0. The van der Waals surface area contributed by atoms with Crippen LogP contribution in [0.4, 0.5) is 5.69 Å². The van der Waals surface area contributed by atoms with Crippen LogP contribution in [0.3, 0.4) is 0 Å². The van der Waals surface area contributed by atoms with Crippen molar-refractivity contribution in [2.24, 2.45) is 5.73 Å². The normalized spacial score (nSPS) is 11.7. The first-order valence-corrected chi connectivity index (χ1v) is 6.76. The van der Waals surface area contributed by atoms with Crippen LogP contribution in [0.2, 0.25) is 0 Å². The summed E-state index contributed by atoms with van der Waals surface area (Å²) in [5.41, 5.74) is 8.98. The van der Waals surface area contributed by atoms with Crippen LogP contribution < -0.4 is 11.1 Å². The summed E-state index contributed by atoms with van der Waals surface area (Å²) >= 11 is 0. The standard InChI is InChI=1S/C16H16N4O.ClH/c1-10(17)16(21)20-12-7-3-2-6-11(12)15-18-13-8-4-5-9-14(13)19-15;/h2-10H,17H2,1H3,(H,18,19)(H,20,21);1H/t10-;/m1./s1. The van der Waals surface area contributed by atoms with Crippen LogP contribution in [0.25, 0.3) is 22.4 Å². The van der Waals surface area contributed by atoms with Gasteiger partial charge in [0.2, 0.25) is 5.91 Å². The van der Waals surface area contributed by atoms with Crippen molar-refractivity contribution in [2.75, 3.05) is 5.32 Å². The van der Waals surface area contributed by atoms with Crippen LogP contribution in [0.1, 0.15) is 6.92 Å². The number of hydrogen-bond acceptors (Lipinski definition) is 3. The number of amides is 1. The summed E-state index contributed by atoms with van der Waals surface area (Å²) in [6.07, 6.45) is 0. The number of H-pyrrole nitrogens is 1. The molecule has 1 aromatic heterocycles. The lowest BCUT2D eigenvalue weighted by Gasteiger charge is -2.11. The van der Waals surface area contributed by atoms with Gasteiger partial charge in [-0.2, -0.15) is 0 Å². The minimum Gasteiger partial charge on any atom is -0.338 e. The van der Waals surface area contributed by atoms with Gasteiger partial charge in [-0.05, 0) is 31.2 Å². The molecule has 5 nitrogen and oxygen atoms in total. The van der Waals surface area contributed by atoms with Gasteiger partial charge < -0.3 is 16.0 Å². The predicted molar refractivity (Wildman–Crippen MR) is 91.1 cm³/mol. The Bertz CT molecular complexity index is 764. The molecule has 2 aromatic carbocycles. The number of aromatic nitrogens is 2. The number of benzene rings is 2. The van der Waals surface area contributed by atoms with E-state index in [9.17, 15) is 4.79 Å². The number of carbonyl (C=O) groups is 1. The van der Waals surface area contributed by atoms with Gasteiger partial charge in [-0.3, -0.25) is 4.79 Å². The zero-order chi connectivity index (χ0) is 14.8. The summed E-state index contributed by atoms with van der Waals surface area (Å²) in [4.78, 5) is 19.6. The highest BCUT2D eigenvalue weighted by atomic mass is 35.5. The molecular weight excluding hydrogens is 300 g/mol. The third-order valence-electron chi connectivity index (χ3n) is 3.24. The first-order valence-electron chi connectivity index (χ1n) is 6.76. The number of nitrogens with one attached hydrogen (secondary N) is 2. The first-order chi connectivity index (χ1) is 10.1. The second-order valence-electron chi connectivity index (χ2n) is 4.93. The molecule has 0 unspecified atom stereocenters. The van der Waals surface area contributed by atoms with Gasteiger partial charge in [-0.25, -0.2) is 4.98 Å². The Morgan fingerprint density at radius 2 is 1.86 bits per heavy atom. The highest BCUT2D eigenvalue weighted by Gasteiger charge is 2.13. The smallest absolute Gasteiger partial charge is 0.241 e. The number of hydrogen-bond donors (Lipinski definition) is 3. The Balaban J connectivity index is 0.00000176. The number of nitrogens with two attached hydrogens (primary N) is 1. The van der Waals surface area contributed by atoms with Gasteiger partial charge in [0.25, 0.3) is 0 Å².